The Morgan fingerprint density at radius 1 is 1.27 bits per heavy atom. The van der Waals surface area contributed by atoms with Crippen LogP contribution in [-0.4, -0.2) is 30.1 Å². The number of benzene rings is 1. The fourth-order valence-electron chi connectivity index (χ4n) is 1.89. The fraction of sp³-hybridized carbons (Fsp3) is 0.250. The first-order chi connectivity index (χ1) is 10.5. The normalized spacial score (nSPS) is 11.6. The maximum atomic E-state index is 12.1. The number of carbonyl (C=O) groups is 2. The molecule has 6 nitrogen and oxygen atoms in total. The van der Waals surface area contributed by atoms with Crippen LogP contribution in [0, 0.1) is 6.92 Å². The number of nitrogens with one attached hydrogen (secondary N) is 2. The lowest BCUT2D eigenvalue weighted by molar-refractivity contribution is -0.123. The number of esters is 1. The number of aryl methyl sites for hydroxylation is 1. The van der Waals surface area contributed by atoms with Crippen LogP contribution < -0.4 is 10.1 Å². The van der Waals surface area contributed by atoms with Crippen LogP contribution >= 0.6 is 0 Å². The smallest absolute Gasteiger partial charge is 0.355 e. The predicted octanol–water partition coefficient (Wildman–Crippen LogP) is 2.52. The third kappa shape index (κ3) is 3.66. The van der Waals surface area contributed by atoms with Crippen molar-refractivity contribution in [1.82, 2.24) is 4.98 Å². The zero-order valence-corrected chi connectivity index (χ0v) is 12.7. The van der Waals surface area contributed by atoms with Crippen molar-refractivity contribution < 1.29 is 19.1 Å². The van der Waals surface area contributed by atoms with Gasteiger partial charge in [0.15, 0.2) is 6.10 Å². The first-order valence-corrected chi connectivity index (χ1v) is 6.81. The van der Waals surface area contributed by atoms with Crippen LogP contribution in [0.2, 0.25) is 0 Å². The van der Waals surface area contributed by atoms with E-state index in [1.54, 1.807) is 30.5 Å². The average Bonchev–Trinajstić information content (AvgIpc) is 3.01. The van der Waals surface area contributed by atoms with E-state index >= 15 is 0 Å². The standard InChI is InChI=1S/C16H18N2O4/c1-10-6-7-14(21-3)13(9-10)18-15(19)11(2)22-16(20)12-5-4-8-17-12/h4-9,11,17H,1-3H3,(H,18,19)/t11-/m0/s1. The molecule has 0 bridgehead atoms. The minimum atomic E-state index is -0.930. The van der Waals surface area contributed by atoms with Gasteiger partial charge in [0.1, 0.15) is 11.4 Å². The molecule has 0 aliphatic rings. The van der Waals surface area contributed by atoms with E-state index in [0.29, 0.717) is 17.1 Å². The van der Waals surface area contributed by atoms with Crippen molar-refractivity contribution in [2.24, 2.45) is 0 Å². The maximum absolute atomic E-state index is 12.1. The van der Waals surface area contributed by atoms with E-state index in [-0.39, 0.29) is 0 Å². The first kappa shape index (κ1) is 15.6. The summed E-state index contributed by atoms with van der Waals surface area (Å²) in [4.78, 5) is 26.7. The zero-order chi connectivity index (χ0) is 16.1. The molecule has 22 heavy (non-hydrogen) atoms. The number of H-pyrrole nitrogens is 1. The summed E-state index contributed by atoms with van der Waals surface area (Å²) < 4.78 is 10.3. The van der Waals surface area contributed by atoms with Crippen molar-refractivity contribution in [2.75, 3.05) is 12.4 Å². The monoisotopic (exact) mass is 302 g/mol. The molecule has 1 aromatic heterocycles. The third-order valence-corrected chi connectivity index (χ3v) is 3.08. The summed E-state index contributed by atoms with van der Waals surface area (Å²) in [6, 6.07) is 8.69. The van der Waals surface area contributed by atoms with Gasteiger partial charge >= 0.3 is 5.97 Å². The molecule has 1 heterocycles. The summed E-state index contributed by atoms with van der Waals surface area (Å²) in [6.45, 7) is 3.42. The molecule has 6 heteroatoms. The average molecular weight is 302 g/mol. The van der Waals surface area contributed by atoms with Gasteiger partial charge in [-0.1, -0.05) is 6.07 Å². The van der Waals surface area contributed by atoms with E-state index < -0.39 is 18.0 Å². The van der Waals surface area contributed by atoms with Crippen LogP contribution in [0.1, 0.15) is 23.0 Å². The van der Waals surface area contributed by atoms with Gasteiger partial charge in [-0.15, -0.1) is 0 Å². The number of amides is 1. The first-order valence-electron chi connectivity index (χ1n) is 6.81. The van der Waals surface area contributed by atoms with Gasteiger partial charge < -0.3 is 19.8 Å². The molecule has 116 valence electrons. The Morgan fingerprint density at radius 2 is 2.05 bits per heavy atom. The number of aromatic nitrogens is 1. The summed E-state index contributed by atoms with van der Waals surface area (Å²) in [6.07, 6.45) is 0.680. The van der Waals surface area contributed by atoms with E-state index in [9.17, 15) is 9.59 Å². The number of methoxy groups -OCH3 is 1. The SMILES string of the molecule is COc1ccc(C)cc1NC(=O)[C@H](C)OC(=O)c1ccc[nH]1. The summed E-state index contributed by atoms with van der Waals surface area (Å²) in [5.74, 6) is -0.463. The predicted molar refractivity (Wildman–Crippen MR) is 82.0 cm³/mol. The van der Waals surface area contributed by atoms with Crippen molar-refractivity contribution in [3.63, 3.8) is 0 Å². The van der Waals surface area contributed by atoms with Gasteiger partial charge in [0.05, 0.1) is 12.8 Å². The summed E-state index contributed by atoms with van der Waals surface area (Å²) in [5.41, 5.74) is 1.81. The Bertz CT molecular complexity index is 665. The van der Waals surface area contributed by atoms with Gasteiger partial charge in [-0.25, -0.2) is 4.79 Å². The lowest BCUT2D eigenvalue weighted by Gasteiger charge is -2.15. The number of rotatable bonds is 5. The molecule has 0 spiro atoms. The zero-order valence-electron chi connectivity index (χ0n) is 12.7. The van der Waals surface area contributed by atoms with Gasteiger partial charge in [-0.05, 0) is 43.7 Å². The summed E-state index contributed by atoms with van der Waals surface area (Å²) >= 11 is 0. The van der Waals surface area contributed by atoms with Crippen molar-refractivity contribution in [2.45, 2.75) is 20.0 Å². The quantitative estimate of drug-likeness (QED) is 0.832. The summed E-state index contributed by atoms with van der Waals surface area (Å²) in [7, 11) is 1.52. The highest BCUT2D eigenvalue weighted by Crippen LogP contribution is 2.25. The topological polar surface area (TPSA) is 80.4 Å². The molecule has 2 N–H and O–H groups in total. The van der Waals surface area contributed by atoms with Crippen molar-refractivity contribution in [1.29, 1.82) is 0 Å². The Kier molecular flexibility index (Phi) is 4.83. The Labute approximate surface area is 128 Å². The summed E-state index contributed by atoms with van der Waals surface area (Å²) in [5, 5.41) is 2.70. The molecule has 0 aliphatic carbocycles. The van der Waals surface area contributed by atoms with Gasteiger partial charge in [-0.2, -0.15) is 0 Å². The number of anilines is 1. The van der Waals surface area contributed by atoms with Gasteiger partial charge in [0, 0.05) is 6.20 Å². The van der Waals surface area contributed by atoms with Crippen LogP contribution in [0.15, 0.2) is 36.5 Å². The second-order valence-corrected chi connectivity index (χ2v) is 4.82. The molecule has 1 aromatic carbocycles. The van der Waals surface area contributed by atoms with Crippen molar-refractivity contribution >= 4 is 17.6 Å². The van der Waals surface area contributed by atoms with E-state index in [1.807, 2.05) is 13.0 Å². The largest absolute Gasteiger partial charge is 0.495 e. The van der Waals surface area contributed by atoms with Crippen molar-refractivity contribution in [3.8, 4) is 5.75 Å². The molecule has 2 aromatic rings. The Morgan fingerprint density at radius 3 is 2.68 bits per heavy atom. The van der Waals surface area contributed by atoms with Crippen LogP contribution in [0.5, 0.6) is 5.75 Å². The van der Waals surface area contributed by atoms with Gasteiger partial charge in [-0.3, -0.25) is 4.79 Å². The minimum Gasteiger partial charge on any atom is -0.495 e. The van der Waals surface area contributed by atoms with Crippen LogP contribution in [0.3, 0.4) is 0 Å². The molecule has 0 unspecified atom stereocenters. The van der Waals surface area contributed by atoms with Crippen LogP contribution in [-0.2, 0) is 9.53 Å². The molecule has 0 fully saturated rings. The van der Waals surface area contributed by atoms with E-state index in [2.05, 4.69) is 10.3 Å². The number of hydrogen-bond donors (Lipinski definition) is 2. The lowest BCUT2D eigenvalue weighted by atomic mass is 10.2. The molecular weight excluding hydrogens is 284 g/mol. The molecule has 2 rings (SSSR count). The highest BCUT2D eigenvalue weighted by Gasteiger charge is 2.20. The fourth-order valence-corrected chi connectivity index (χ4v) is 1.89. The molecular formula is C16H18N2O4. The second kappa shape index (κ2) is 6.80. The second-order valence-electron chi connectivity index (χ2n) is 4.82. The van der Waals surface area contributed by atoms with Gasteiger partial charge in [0.25, 0.3) is 5.91 Å². The Hall–Kier alpha value is -2.76. The van der Waals surface area contributed by atoms with E-state index in [1.165, 1.54) is 14.0 Å². The molecule has 0 radical (unpaired) electrons. The molecule has 0 aliphatic heterocycles. The van der Waals surface area contributed by atoms with Crippen LogP contribution in [0.4, 0.5) is 5.69 Å². The number of ether oxygens (including phenoxy) is 2. The molecule has 1 atom stereocenters. The van der Waals surface area contributed by atoms with Gasteiger partial charge in [0.2, 0.25) is 0 Å². The van der Waals surface area contributed by atoms with E-state index in [4.69, 9.17) is 9.47 Å². The lowest BCUT2D eigenvalue weighted by Crippen LogP contribution is -2.30. The number of aromatic amines is 1. The third-order valence-electron chi connectivity index (χ3n) is 3.08. The Balaban J connectivity index is 2.02. The molecule has 0 saturated heterocycles. The van der Waals surface area contributed by atoms with E-state index in [0.717, 1.165) is 5.56 Å². The molecule has 0 saturated carbocycles. The highest BCUT2D eigenvalue weighted by molar-refractivity contribution is 5.97. The highest BCUT2D eigenvalue weighted by atomic mass is 16.5. The number of hydrogen-bond acceptors (Lipinski definition) is 4. The maximum Gasteiger partial charge on any atom is 0.355 e. The van der Waals surface area contributed by atoms with Crippen molar-refractivity contribution in [3.05, 3.63) is 47.8 Å². The molecule has 1 amide bonds. The number of carbonyl (C=O) groups excluding carboxylic acids is 2. The van der Waals surface area contributed by atoms with Crippen LogP contribution in [0.25, 0.3) is 0 Å². The minimum absolute atomic E-state index is 0.299.